The van der Waals surface area contributed by atoms with Crippen molar-refractivity contribution in [1.29, 1.82) is 0 Å². The second-order valence-electron chi connectivity index (χ2n) is 4.16. The maximum Gasteiger partial charge on any atom is 0.212 e. The van der Waals surface area contributed by atoms with Gasteiger partial charge < -0.3 is 9.84 Å². The van der Waals surface area contributed by atoms with Crippen LogP contribution in [-0.4, -0.2) is 22.2 Å². The lowest BCUT2D eigenvalue weighted by atomic mass is 10.0. The van der Waals surface area contributed by atoms with Crippen LogP contribution in [0.1, 0.15) is 22.8 Å². The number of aromatic nitrogens is 2. The Kier molecular flexibility index (Phi) is 3.89. The Labute approximate surface area is 106 Å². The van der Waals surface area contributed by atoms with E-state index in [-0.39, 0.29) is 0 Å². The van der Waals surface area contributed by atoms with Gasteiger partial charge in [-0.1, -0.05) is 6.07 Å². The Balaban J connectivity index is 2.11. The van der Waals surface area contributed by atoms with Crippen LogP contribution in [0.3, 0.4) is 0 Å². The number of rotatable bonds is 4. The maximum atomic E-state index is 10.2. The second kappa shape index (κ2) is 5.60. The Hall–Kier alpha value is -1.94. The SMILES string of the molecule is COc1ccc(CC(O)c2cnccc2C)cn1. The monoisotopic (exact) mass is 244 g/mol. The fourth-order valence-corrected chi connectivity index (χ4v) is 1.81. The number of aliphatic hydroxyl groups is 1. The van der Waals surface area contributed by atoms with E-state index in [4.69, 9.17) is 4.74 Å². The van der Waals surface area contributed by atoms with Gasteiger partial charge in [-0.3, -0.25) is 4.98 Å². The maximum absolute atomic E-state index is 10.2. The Morgan fingerprint density at radius 3 is 2.72 bits per heavy atom. The van der Waals surface area contributed by atoms with E-state index in [1.165, 1.54) is 0 Å². The molecule has 0 spiro atoms. The van der Waals surface area contributed by atoms with Gasteiger partial charge in [-0.15, -0.1) is 0 Å². The molecule has 2 rings (SSSR count). The first kappa shape index (κ1) is 12.5. The van der Waals surface area contributed by atoms with Crippen molar-refractivity contribution in [2.45, 2.75) is 19.4 Å². The molecule has 94 valence electrons. The number of aliphatic hydroxyl groups excluding tert-OH is 1. The third-order valence-corrected chi connectivity index (χ3v) is 2.87. The van der Waals surface area contributed by atoms with Crippen molar-refractivity contribution in [2.75, 3.05) is 7.11 Å². The Morgan fingerprint density at radius 1 is 1.28 bits per heavy atom. The molecule has 0 aliphatic rings. The van der Waals surface area contributed by atoms with E-state index < -0.39 is 6.10 Å². The van der Waals surface area contributed by atoms with Gasteiger partial charge in [0.25, 0.3) is 0 Å². The Morgan fingerprint density at radius 2 is 2.11 bits per heavy atom. The quantitative estimate of drug-likeness (QED) is 0.894. The van der Waals surface area contributed by atoms with E-state index in [9.17, 15) is 5.11 Å². The van der Waals surface area contributed by atoms with Crippen LogP contribution in [0.25, 0.3) is 0 Å². The van der Waals surface area contributed by atoms with Crippen molar-refractivity contribution in [3.05, 3.63) is 53.5 Å². The summed E-state index contributed by atoms with van der Waals surface area (Å²) in [7, 11) is 1.58. The van der Waals surface area contributed by atoms with Crippen LogP contribution in [0.5, 0.6) is 5.88 Å². The zero-order valence-electron chi connectivity index (χ0n) is 10.5. The average molecular weight is 244 g/mol. The van der Waals surface area contributed by atoms with Crippen LogP contribution >= 0.6 is 0 Å². The number of methoxy groups -OCH3 is 1. The molecule has 0 fully saturated rings. The van der Waals surface area contributed by atoms with E-state index >= 15 is 0 Å². The molecule has 18 heavy (non-hydrogen) atoms. The van der Waals surface area contributed by atoms with Crippen molar-refractivity contribution >= 4 is 0 Å². The van der Waals surface area contributed by atoms with Crippen LogP contribution in [-0.2, 0) is 6.42 Å². The van der Waals surface area contributed by atoms with Gasteiger partial charge >= 0.3 is 0 Å². The van der Waals surface area contributed by atoms with Crippen molar-refractivity contribution in [3.8, 4) is 5.88 Å². The van der Waals surface area contributed by atoms with Gasteiger partial charge in [0, 0.05) is 36.6 Å². The standard InChI is InChI=1S/C14H16N2O2/c1-10-5-6-15-9-12(10)13(17)7-11-3-4-14(18-2)16-8-11/h3-6,8-9,13,17H,7H2,1-2H3. The van der Waals surface area contributed by atoms with Gasteiger partial charge in [-0.25, -0.2) is 4.98 Å². The molecule has 2 aromatic heterocycles. The van der Waals surface area contributed by atoms with Gasteiger partial charge in [-0.2, -0.15) is 0 Å². The van der Waals surface area contributed by atoms with E-state index in [0.29, 0.717) is 12.3 Å². The topological polar surface area (TPSA) is 55.2 Å². The summed E-state index contributed by atoms with van der Waals surface area (Å²) < 4.78 is 4.99. The van der Waals surface area contributed by atoms with Crippen molar-refractivity contribution < 1.29 is 9.84 Å². The lowest BCUT2D eigenvalue weighted by molar-refractivity contribution is 0.177. The predicted octanol–water partition coefficient (Wildman–Crippen LogP) is 2.07. The largest absolute Gasteiger partial charge is 0.481 e. The molecule has 1 unspecified atom stereocenters. The lowest BCUT2D eigenvalue weighted by Gasteiger charge is -2.13. The lowest BCUT2D eigenvalue weighted by Crippen LogP contribution is -2.04. The minimum Gasteiger partial charge on any atom is -0.481 e. The molecule has 0 amide bonds. The van der Waals surface area contributed by atoms with E-state index in [1.54, 1.807) is 31.8 Å². The van der Waals surface area contributed by atoms with E-state index in [1.807, 2.05) is 19.1 Å². The molecule has 0 aromatic carbocycles. The van der Waals surface area contributed by atoms with Crippen LogP contribution in [0.15, 0.2) is 36.8 Å². The number of hydrogen-bond donors (Lipinski definition) is 1. The average Bonchev–Trinajstić information content (AvgIpc) is 2.40. The molecule has 4 heteroatoms. The number of nitrogens with zero attached hydrogens (tertiary/aromatic N) is 2. The fraction of sp³-hybridized carbons (Fsp3) is 0.286. The summed E-state index contributed by atoms with van der Waals surface area (Å²) in [5.41, 5.74) is 2.86. The second-order valence-corrected chi connectivity index (χ2v) is 4.16. The summed E-state index contributed by atoms with van der Waals surface area (Å²) in [6, 6.07) is 5.59. The first-order valence-corrected chi connectivity index (χ1v) is 5.78. The highest BCUT2D eigenvalue weighted by Crippen LogP contribution is 2.20. The van der Waals surface area contributed by atoms with Crippen molar-refractivity contribution in [1.82, 2.24) is 9.97 Å². The number of aryl methyl sites for hydroxylation is 1. The van der Waals surface area contributed by atoms with Gasteiger partial charge in [0.2, 0.25) is 5.88 Å². The molecule has 0 saturated carbocycles. The molecule has 0 aliphatic carbocycles. The molecule has 0 aliphatic heterocycles. The van der Waals surface area contributed by atoms with Crippen molar-refractivity contribution in [2.24, 2.45) is 0 Å². The van der Waals surface area contributed by atoms with Crippen LogP contribution in [0, 0.1) is 6.92 Å². The first-order valence-electron chi connectivity index (χ1n) is 5.78. The molecule has 2 heterocycles. The normalized spacial score (nSPS) is 12.2. The van der Waals surface area contributed by atoms with Crippen molar-refractivity contribution in [3.63, 3.8) is 0 Å². The summed E-state index contributed by atoms with van der Waals surface area (Å²) >= 11 is 0. The van der Waals surface area contributed by atoms with Gasteiger partial charge in [0.05, 0.1) is 13.2 Å². The molecule has 0 bridgehead atoms. The predicted molar refractivity (Wildman–Crippen MR) is 68.4 cm³/mol. The zero-order chi connectivity index (χ0) is 13.0. The molecule has 0 saturated heterocycles. The molecule has 2 aromatic rings. The molecular weight excluding hydrogens is 228 g/mol. The third kappa shape index (κ3) is 2.84. The number of pyridine rings is 2. The molecule has 1 N–H and O–H groups in total. The summed E-state index contributed by atoms with van der Waals surface area (Å²) in [5, 5.41) is 10.2. The smallest absolute Gasteiger partial charge is 0.212 e. The fourth-order valence-electron chi connectivity index (χ4n) is 1.81. The Bertz CT molecular complexity index is 511. The first-order chi connectivity index (χ1) is 8.70. The molecule has 0 radical (unpaired) electrons. The van der Waals surface area contributed by atoms with Crippen LogP contribution < -0.4 is 4.74 Å². The minimum absolute atomic E-state index is 0.517. The molecule has 1 atom stereocenters. The third-order valence-electron chi connectivity index (χ3n) is 2.87. The zero-order valence-corrected chi connectivity index (χ0v) is 10.5. The highest BCUT2D eigenvalue weighted by Gasteiger charge is 2.11. The highest BCUT2D eigenvalue weighted by atomic mass is 16.5. The van der Waals surface area contributed by atoms with E-state index in [2.05, 4.69) is 9.97 Å². The summed E-state index contributed by atoms with van der Waals surface area (Å²) in [4.78, 5) is 8.16. The summed E-state index contributed by atoms with van der Waals surface area (Å²) in [5.74, 6) is 0.575. The summed E-state index contributed by atoms with van der Waals surface area (Å²) in [6.45, 7) is 1.96. The van der Waals surface area contributed by atoms with Crippen LogP contribution in [0.4, 0.5) is 0 Å². The number of ether oxygens (including phenoxy) is 1. The summed E-state index contributed by atoms with van der Waals surface area (Å²) in [6.07, 6.45) is 5.10. The molecular formula is C14H16N2O2. The van der Waals surface area contributed by atoms with Gasteiger partial charge in [0.15, 0.2) is 0 Å². The van der Waals surface area contributed by atoms with Gasteiger partial charge in [0.1, 0.15) is 0 Å². The minimum atomic E-state index is -0.561. The van der Waals surface area contributed by atoms with Gasteiger partial charge in [-0.05, 0) is 24.1 Å². The van der Waals surface area contributed by atoms with Crippen LogP contribution in [0.2, 0.25) is 0 Å². The highest BCUT2D eigenvalue weighted by molar-refractivity contribution is 5.26. The number of hydrogen-bond acceptors (Lipinski definition) is 4. The van der Waals surface area contributed by atoms with E-state index in [0.717, 1.165) is 16.7 Å². The molecule has 4 nitrogen and oxygen atoms in total.